The first-order valence-corrected chi connectivity index (χ1v) is 18.9. The summed E-state index contributed by atoms with van der Waals surface area (Å²) in [6, 6.07) is 55.5. The van der Waals surface area contributed by atoms with Crippen molar-refractivity contribution in [3.8, 4) is 45.4 Å². The molecule has 0 aliphatic carbocycles. The lowest BCUT2D eigenvalue weighted by atomic mass is 10.0. The fourth-order valence-corrected chi connectivity index (χ4v) is 9.85. The third kappa shape index (κ3) is 4.65. The Morgan fingerprint density at radius 3 is 1.81 bits per heavy atom. The van der Waals surface area contributed by atoms with Crippen molar-refractivity contribution in [2.45, 2.75) is 0 Å². The molecule has 0 unspecified atom stereocenters. The van der Waals surface area contributed by atoms with Gasteiger partial charge in [0.25, 0.3) is 0 Å². The summed E-state index contributed by atoms with van der Waals surface area (Å²) in [6.45, 7) is 0. The molecule has 0 atom stereocenters. The van der Waals surface area contributed by atoms with Crippen molar-refractivity contribution >= 4 is 84.7 Å². The fourth-order valence-electron chi connectivity index (χ4n) is 7.41. The van der Waals surface area contributed by atoms with Crippen LogP contribution < -0.4 is 0 Å². The summed E-state index contributed by atoms with van der Waals surface area (Å²) in [6.07, 6.45) is 0. The van der Waals surface area contributed by atoms with E-state index in [-0.39, 0.29) is 0 Å². The van der Waals surface area contributed by atoms with Gasteiger partial charge in [0.05, 0.1) is 15.9 Å². The molecule has 0 saturated carbocycles. The van der Waals surface area contributed by atoms with Crippen LogP contribution in [0, 0.1) is 0 Å². The lowest BCUT2D eigenvalue weighted by Crippen LogP contribution is -2.00. The molecule has 0 spiro atoms. The molecule has 0 saturated heterocycles. The number of benzene rings is 7. The van der Waals surface area contributed by atoms with Gasteiger partial charge in [0.2, 0.25) is 0 Å². The second-order valence-electron chi connectivity index (χ2n) is 13.0. The van der Waals surface area contributed by atoms with E-state index in [9.17, 15) is 0 Å². The zero-order valence-electron chi connectivity index (χ0n) is 27.6. The molecule has 0 fully saturated rings. The molecule has 0 N–H and O–H groups in total. The van der Waals surface area contributed by atoms with Gasteiger partial charge in [-0.3, -0.25) is 0 Å². The largest absolute Gasteiger partial charge is 0.246 e. The first-order chi connectivity index (χ1) is 25.7. The van der Waals surface area contributed by atoms with Gasteiger partial charge in [0, 0.05) is 63.3 Å². The average molecular weight is 699 g/mol. The number of pyridine rings is 1. The highest BCUT2D eigenvalue weighted by molar-refractivity contribution is 7.26. The molecule has 0 radical (unpaired) electrons. The molecule has 4 nitrogen and oxygen atoms in total. The minimum absolute atomic E-state index is 0.635. The van der Waals surface area contributed by atoms with E-state index in [2.05, 4.69) is 158 Å². The van der Waals surface area contributed by atoms with Crippen molar-refractivity contribution in [3.63, 3.8) is 0 Å². The van der Waals surface area contributed by atoms with E-state index in [1.165, 1.54) is 51.1 Å². The number of thiophene rings is 2. The van der Waals surface area contributed by atoms with Crippen LogP contribution in [0.2, 0.25) is 0 Å². The van der Waals surface area contributed by atoms with Gasteiger partial charge in [-0.15, -0.1) is 22.7 Å². The molecule has 4 aromatic heterocycles. The molecule has 0 bridgehead atoms. The Morgan fingerprint density at radius 1 is 0.365 bits per heavy atom. The van der Waals surface area contributed by atoms with Gasteiger partial charge in [-0.1, -0.05) is 127 Å². The van der Waals surface area contributed by atoms with Crippen molar-refractivity contribution in [2.75, 3.05) is 0 Å². The van der Waals surface area contributed by atoms with Crippen LogP contribution in [0.25, 0.3) is 107 Å². The number of nitrogens with zero attached hydrogens (tertiary/aromatic N) is 4. The Balaban J connectivity index is 1.09. The zero-order chi connectivity index (χ0) is 34.2. The maximum absolute atomic E-state index is 5.22. The van der Waals surface area contributed by atoms with Gasteiger partial charge in [-0.05, 0) is 41.1 Å². The summed E-state index contributed by atoms with van der Waals surface area (Å²) in [5.41, 5.74) is 5.93. The number of fused-ring (bicyclic) bond motifs is 9. The Bertz CT molecular complexity index is 3200. The maximum Gasteiger partial charge on any atom is 0.165 e. The number of aromatic nitrogens is 4. The average Bonchev–Trinajstić information content (AvgIpc) is 3.80. The predicted octanol–water partition coefficient (Wildman–Crippen LogP) is 13.0. The summed E-state index contributed by atoms with van der Waals surface area (Å²) in [5.74, 6) is 1.95. The van der Waals surface area contributed by atoms with E-state index < -0.39 is 0 Å². The van der Waals surface area contributed by atoms with Crippen LogP contribution in [0.5, 0.6) is 0 Å². The van der Waals surface area contributed by atoms with Crippen LogP contribution in [0.3, 0.4) is 0 Å². The minimum atomic E-state index is 0.635. The standard InChI is InChI=1S/C46H26N4S2/c1-2-11-30-26-31(25-20-27(30)10-1)45-48-44(49-46(50-45)36-16-9-15-33-32-12-4-7-18-38(32)51-42(33)36)29-23-21-28(22-24-29)41-43-40(34-13-3-6-17-37(34)47-41)35-14-5-8-19-39(35)52-43/h1-26H. The quantitative estimate of drug-likeness (QED) is 0.184. The number of hydrogen-bond acceptors (Lipinski definition) is 6. The third-order valence-electron chi connectivity index (χ3n) is 9.92. The number of rotatable bonds is 4. The first-order valence-electron chi connectivity index (χ1n) is 17.2. The molecule has 11 rings (SSSR count). The normalized spacial score (nSPS) is 11.8. The van der Waals surface area contributed by atoms with E-state index in [0.29, 0.717) is 17.5 Å². The molecular weight excluding hydrogens is 673 g/mol. The van der Waals surface area contributed by atoms with E-state index >= 15 is 0 Å². The summed E-state index contributed by atoms with van der Waals surface area (Å²) in [4.78, 5) is 20.7. The summed E-state index contributed by atoms with van der Waals surface area (Å²) in [5, 5.41) is 8.51. The van der Waals surface area contributed by atoms with Crippen molar-refractivity contribution in [1.29, 1.82) is 0 Å². The van der Waals surface area contributed by atoms with Gasteiger partial charge in [0.1, 0.15) is 0 Å². The molecule has 0 aliphatic heterocycles. The molecule has 6 heteroatoms. The monoisotopic (exact) mass is 698 g/mol. The highest BCUT2D eigenvalue weighted by Gasteiger charge is 2.19. The Hall–Kier alpha value is -6.34. The lowest BCUT2D eigenvalue weighted by molar-refractivity contribution is 1.08. The second-order valence-corrected chi connectivity index (χ2v) is 15.1. The van der Waals surface area contributed by atoms with Crippen molar-refractivity contribution in [2.24, 2.45) is 0 Å². The molecular formula is C46H26N4S2. The maximum atomic E-state index is 5.22. The Labute approximate surface area is 306 Å². The number of para-hydroxylation sites is 1. The molecule has 242 valence electrons. The topological polar surface area (TPSA) is 51.6 Å². The first kappa shape index (κ1) is 29.4. The van der Waals surface area contributed by atoms with E-state index in [1.54, 1.807) is 22.7 Å². The molecule has 7 aromatic carbocycles. The molecule has 0 amide bonds. The second kappa shape index (κ2) is 11.6. The molecule has 0 aliphatic rings. The van der Waals surface area contributed by atoms with Gasteiger partial charge in [-0.25, -0.2) is 19.9 Å². The van der Waals surface area contributed by atoms with Crippen molar-refractivity contribution in [1.82, 2.24) is 19.9 Å². The van der Waals surface area contributed by atoms with Gasteiger partial charge >= 0.3 is 0 Å². The van der Waals surface area contributed by atoms with E-state index in [1.807, 2.05) is 0 Å². The predicted molar refractivity (Wildman–Crippen MR) is 220 cm³/mol. The zero-order valence-corrected chi connectivity index (χ0v) is 29.2. The van der Waals surface area contributed by atoms with Crippen molar-refractivity contribution in [3.05, 3.63) is 158 Å². The van der Waals surface area contributed by atoms with E-state index in [0.717, 1.165) is 38.9 Å². The van der Waals surface area contributed by atoms with E-state index in [4.69, 9.17) is 19.9 Å². The van der Waals surface area contributed by atoms with Crippen molar-refractivity contribution < 1.29 is 0 Å². The Kier molecular flexibility index (Phi) is 6.56. The summed E-state index contributed by atoms with van der Waals surface area (Å²) in [7, 11) is 0. The highest BCUT2D eigenvalue weighted by Crippen LogP contribution is 2.43. The fraction of sp³-hybridized carbons (Fsp3) is 0. The number of hydrogen-bond donors (Lipinski definition) is 0. The molecule has 4 heterocycles. The third-order valence-corrected chi connectivity index (χ3v) is 12.3. The summed E-state index contributed by atoms with van der Waals surface area (Å²) >= 11 is 3.59. The van der Waals surface area contributed by atoms with Gasteiger partial charge in [0.15, 0.2) is 17.5 Å². The highest BCUT2D eigenvalue weighted by atomic mass is 32.1. The van der Waals surface area contributed by atoms with Crippen LogP contribution in [-0.2, 0) is 0 Å². The molecule has 52 heavy (non-hydrogen) atoms. The minimum Gasteiger partial charge on any atom is -0.246 e. The van der Waals surface area contributed by atoms with Crippen LogP contribution in [0.4, 0.5) is 0 Å². The molecule has 11 aromatic rings. The van der Waals surface area contributed by atoms with Crippen LogP contribution in [0.15, 0.2) is 158 Å². The smallest absolute Gasteiger partial charge is 0.165 e. The summed E-state index contributed by atoms with van der Waals surface area (Å²) < 4.78 is 4.89. The van der Waals surface area contributed by atoms with Gasteiger partial charge in [-0.2, -0.15) is 0 Å². The van der Waals surface area contributed by atoms with Crippen LogP contribution >= 0.6 is 22.7 Å². The van der Waals surface area contributed by atoms with Crippen LogP contribution in [0.1, 0.15) is 0 Å². The van der Waals surface area contributed by atoms with Gasteiger partial charge < -0.3 is 0 Å². The lowest BCUT2D eigenvalue weighted by Gasteiger charge is -2.11. The SMILES string of the molecule is c1ccc2cc(-c3nc(-c4ccc(-c5nc6ccccc6c6c5sc5ccccc56)cc4)nc(-c4cccc5c4sc4ccccc45)n3)ccc2c1. The Morgan fingerprint density at radius 2 is 0.962 bits per heavy atom. The van der Waals surface area contributed by atoms with Crippen LogP contribution in [-0.4, -0.2) is 19.9 Å².